The predicted octanol–water partition coefficient (Wildman–Crippen LogP) is 7.54. The minimum absolute atomic E-state index is 0.0177. The summed E-state index contributed by atoms with van der Waals surface area (Å²) in [5.41, 5.74) is 4.41. The lowest BCUT2D eigenvalue weighted by Crippen LogP contribution is -2.59. The van der Waals surface area contributed by atoms with Gasteiger partial charge < -0.3 is 49.5 Å². The summed E-state index contributed by atoms with van der Waals surface area (Å²) < 4.78 is 35.4. The van der Waals surface area contributed by atoms with Crippen LogP contribution in [0.2, 0.25) is 5.02 Å². The van der Waals surface area contributed by atoms with Crippen molar-refractivity contribution >= 4 is 68.2 Å². The first-order chi connectivity index (χ1) is 39.8. The Morgan fingerprint density at radius 2 is 1.76 bits per heavy atom. The van der Waals surface area contributed by atoms with E-state index in [-0.39, 0.29) is 111 Å². The van der Waals surface area contributed by atoms with Crippen LogP contribution in [0.1, 0.15) is 70.7 Å². The van der Waals surface area contributed by atoms with Crippen molar-refractivity contribution in [2.45, 2.75) is 103 Å². The number of hydrogen-bond donors (Lipinski definition) is 5. The lowest BCUT2D eigenvalue weighted by atomic mass is 9.85. The molecule has 6 atom stereocenters. The number of piperazine rings is 1. The van der Waals surface area contributed by atoms with E-state index in [9.17, 15) is 35.0 Å². The number of carbonyl (C=O) groups is 3. The molecule has 0 saturated carbocycles. The SMILES string of the molecule is C=CC(=O)N1CCN(c2nc(OCCN3CCC(OCCOCC(O)N[C@H](C(=O)N4C[C@H](O)C[C@H]4C(=O)N[C@@H](C)c4ccc(-c5scnc5C)cc4)C(C)(C)C)CC3)nc3c(F)c(-c4cc(O)cc5ccccc45)c(Cl)cc23)C[C@@H]1CC#N. The Labute approximate surface area is 491 Å². The fraction of sp³-hybridized carbons (Fsp3) is 0.459. The van der Waals surface area contributed by atoms with E-state index in [0.29, 0.717) is 53.7 Å². The number of hydrogen-bond acceptors (Lipinski definition) is 17. The number of phenols is 1. The molecular weight excluding hydrogens is 1100 g/mol. The third kappa shape index (κ3) is 14.2. The number of nitriles is 1. The number of piperidine rings is 1. The number of rotatable bonds is 21. The maximum absolute atomic E-state index is 17.2. The second kappa shape index (κ2) is 26.8. The summed E-state index contributed by atoms with van der Waals surface area (Å²) in [5.74, 6) is -1.52. The van der Waals surface area contributed by atoms with E-state index in [1.165, 1.54) is 17.0 Å². The fourth-order valence-corrected chi connectivity index (χ4v) is 12.4. The molecule has 1 unspecified atom stereocenters. The van der Waals surface area contributed by atoms with Crippen LogP contribution < -0.4 is 20.3 Å². The zero-order chi connectivity index (χ0) is 59.1. The van der Waals surface area contributed by atoms with Crippen molar-refractivity contribution in [1.82, 2.24) is 40.3 Å². The second-order valence-electron chi connectivity index (χ2n) is 22.5. The molecule has 3 saturated heterocycles. The number of aliphatic hydroxyl groups excluding tert-OH is 2. The highest BCUT2D eigenvalue weighted by molar-refractivity contribution is 7.13. The average Bonchev–Trinajstić information content (AvgIpc) is 3.26. The largest absolute Gasteiger partial charge is 0.508 e. The highest BCUT2D eigenvalue weighted by Gasteiger charge is 2.45. The maximum Gasteiger partial charge on any atom is 0.319 e. The Kier molecular flexibility index (Phi) is 19.6. The van der Waals surface area contributed by atoms with Crippen LogP contribution >= 0.6 is 22.9 Å². The molecular formula is C61H72ClFN10O9S. The topological polar surface area (TPSA) is 239 Å². The molecule has 3 aliphatic heterocycles. The van der Waals surface area contributed by atoms with Crippen LogP contribution in [0, 0.1) is 29.5 Å². The number of nitrogens with zero attached hydrogens (tertiary/aromatic N) is 8. The van der Waals surface area contributed by atoms with Gasteiger partial charge in [0.25, 0.3) is 0 Å². The number of likely N-dealkylation sites (tertiary alicyclic amines) is 2. The number of phenolic OH excluding ortho intramolecular Hbond substituents is 1. The lowest BCUT2D eigenvalue weighted by molar-refractivity contribution is -0.144. The number of amides is 3. The molecule has 0 bridgehead atoms. The summed E-state index contributed by atoms with van der Waals surface area (Å²) in [4.78, 5) is 62.8. The number of thiazole rings is 1. The van der Waals surface area contributed by atoms with Crippen LogP contribution in [0.4, 0.5) is 10.2 Å². The number of nitrogens with one attached hydrogen (secondary N) is 2. The average molecular weight is 1180 g/mol. The number of fused-ring (bicyclic) bond motifs is 2. The fourth-order valence-electron chi connectivity index (χ4n) is 11.3. The molecule has 3 amide bonds. The molecule has 9 rings (SSSR count). The number of halogens is 2. The number of benzene rings is 4. The number of ether oxygens (including phenoxy) is 3. The second-order valence-corrected chi connectivity index (χ2v) is 23.8. The molecule has 5 N–H and O–H groups in total. The zero-order valence-corrected chi connectivity index (χ0v) is 49.0. The summed E-state index contributed by atoms with van der Waals surface area (Å²) in [6.07, 6.45) is 0.707. The molecule has 22 heteroatoms. The van der Waals surface area contributed by atoms with Crippen molar-refractivity contribution in [2.75, 3.05) is 77.1 Å². The summed E-state index contributed by atoms with van der Waals surface area (Å²) in [6.45, 7) is 16.3. The minimum Gasteiger partial charge on any atom is -0.508 e. The van der Waals surface area contributed by atoms with Crippen LogP contribution in [0.25, 0.3) is 43.2 Å². The molecule has 0 aliphatic carbocycles. The Morgan fingerprint density at radius 1 is 1.00 bits per heavy atom. The monoisotopic (exact) mass is 1170 g/mol. The molecule has 3 aliphatic rings. The molecule has 5 heterocycles. The van der Waals surface area contributed by atoms with Crippen molar-refractivity contribution in [2.24, 2.45) is 5.41 Å². The van der Waals surface area contributed by atoms with Gasteiger partial charge in [-0.15, -0.1) is 11.3 Å². The summed E-state index contributed by atoms with van der Waals surface area (Å²) in [7, 11) is 0. The van der Waals surface area contributed by atoms with Crippen LogP contribution in [0.3, 0.4) is 0 Å². The van der Waals surface area contributed by atoms with Crippen LogP contribution in [-0.2, 0) is 23.9 Å². The first kappa shape index (κ1) is 60.7. The van der Waals surface area contributed by atoms with E-state index in [2.05, 4.69) is 38.1 Å². The molecule has 440 valence electrons. The van der Waals surface area contributed by atoms with Gasteiger partial charge in [0.2, 0.25) is 17.7 Å². The normalized spacial score (nSPS) is 19.2. The maximum atomic E-state index is 17.2. The standard InChI is InChI=1S/C61H72ClFN10O9S/c1-7-51(77)72-23-22-71(32-41(72)16-19-64)57-47-31-48(62)52(46-29-42(74)28-40-10-8-9-11-45(40)46)53(63)54(47)68-60(69-57)82-25-24-70-20-17-44(18-21-70)81-27-26-80-34-50(76)67-56(61(4,5)6)59(79)73-33-43(75)30-49(73)58(78)66-36(2)38-12-14-39(15-13-38)55-37(3)65-35-83-55/h7-15,28-29,31,35-36,41,43-44,49-50,56,67,74-76H,1,16-18,20-27,30,32-34H2,2-6H3,(H,66,78)/t36-,41-,43+,49-,50?,56+/m0/s1. The van der Waals surface area contributed by atoms with Gasteiger partial charge in [-0.05, 0) is 83.8 Å². The summed E-state index contributed by atoms with van der Waals surface area (Å²) >= 11 is 8.52. The highest BCUT2D eigenvalue weighted by Crippen LogP contribution is 2.43. The molecule has 0 radical (unpaired) electrons. The first-order valence-electron chi connectivity index (χ1n) is 28.1. The number of aromatic nitrogens is 3. The van der Waals surface area contributed by atoms with Crippen molar-refractivity contribution in [3.63, 3.8) is 0 Å². The Hall–Kier alpha value is -6.87. The molecule has 2 aromatic heterocycles. The van der Waals surface area contributed by atoms with E-state index in [4.69, 9.17) is 30.8 Å². The smallest absolute Gasteiger partial charge is 0.319 e. The molecule has 0 spiro atoms. The summed E-state index contributed by atoms with van der Waals surface area (Å²) in [6, 6.07) is 19.3. The Balaban J connectivity index is 0.759. The van der Waals surface area contributed by atoms with Gasteiger partial charge in [0.1, 0.15) is 36.0 Å². The number of aliphatic hydroxyl groups is 2. The first-order valence-corrected chi connectivity index (χ1v) is 29.3. The highest BCUT2D eigenvalue weighted by atomic mass is 35.5. The van der Waals surface area contributed by atoms with Crippen molar-refractivity contribution in [3.05, 3.63) is 107 Å². The number of aryl methyl sites for hydroxylation is 1. The molecule has 3 fully saturated rings. The van der Waals surface area contributed by atoms with Crippen LogP contribution in [0.15, 0.2) is 84.9 Å². The van der Waals surface area contributed by atoms with Gasteiger partial charge in [-0.3, -0.25) is 24.6 Å². The number of aromatic hydroxyl groups is 1. The van der Waals surface area contributed by atoms with Gasteiger partial charge in [0.15, 0.2) is 5.82 Å². The molecule has 4 aromatic carbocycles. The van der Waals surface area contributed by atoms with Gasteiger partial charge >= 0.3 is 6.01 Å². The van der Waals surface area contributed by atoms with Gasteiger partial charge in [0, 0.05) is 63.2 Å². The predicted molar refractivity (Wildman–Crippen MR) is 316 cm³/mol. The van der Waals surface area contributed by atoms with Crippen molar-refractivity contribution in [1.29, 1.82) is 5.26 Å². The zero-order valence-electron chi connectivity index (χ0n) is 47.4. The number of anilines is 1. The Bertz CT molecular complexity index is 3350. The van der Waals surface area contributed by atoms with Crippen LogP contribution in [-0.4, -0.2) is 171 Å². The number of carbonyl (C=O) groups excluding carboxylic acids is 3. The number of β-amino-alcohol motifs (C(OH)–C–C–N with tert-alkyl or cyclic N) is 1. The lowest BCUT2D eigenvalue weighted by Gasteiger charge is -2.41. The summed E-state index contributed by atoms with van der Waals surface area (Å²) in [5, 5.41) is 50.1. The van der Waals surface area contributed by atoms with E-state index in [1.54, 1.807) is 28.4 Å². The molecule has 19 nitrogen and oxygen atoms in total. The van der Waals surface area contributed by atoms with Gasteiger partial charge in [-0.1, -0.05) is 87.5 Å². The third-order valence-corrected chi connectivity index (χ3v) is 16.9. The third-order valence-electron chi connectivity index (χ3n) is 15.7. The van der Waals surface area contributed by atoms with E-state index >= 15 is 4.39 Å². The van der Waals surface area contributed by atoms with Gasteiger partial charge in [-0.2, -0.15) is 15.2 Å². The van der Waals surface area contributed by atoms with E-state index in [0.717, 1.165) is 34.5 Å². The molecule has 83 heavy (non-hydrogen) atoms. The van der Waals surface area contributed by atoms with Crippen molar-refractivity contribution in [3.8, 4) is 39.4 Å². The van der Waals surface area contributed by atoms with E-state index in [1.807, 2.05) is 93.6 Å². The van der Waals surface area contributed by atoms with Crippen molar-refractivity contribution < 1.29 is 48.3 Å². The molecule has 6 aromatic rings. The van der Waals surface area contributed by atoms with E-state index < -0.39 is 47.6 Å². The Morgan fingerprint density at radius 3 is 2.47 bits per heavy atom. The minimum atomic E-state index is -1.22. The quantitative estimate of drug-likeness (QED) is 0.0266. The van der Waals surface area contributed by atoms with Gasteiger partial charge in [0.05, 0.1) is 83.7 Å². The van der Waals surface area contributed by atoms with Gasteiger partial charge in [-0.25, -0.2) is 9.37 Å². The van der Waals surface area contributed by atoms with Crippen LogP contribution in [0.5, 0.6) is 11.8 Å².